The number of nitrogens with zero attached hydrogens (tertiary/aromatic N) is 1. The minimum Gasteiger partial charge on any atom is -0.388 e. The molecule has 0 aliphatic carbocycles. The van der Waals surface area contributed by atoms with E-state index in [-0.39, 0.29) is 11.8 Å². The predicted molar refractivity (Wildman–Crippen MR) is 100 cm³/mol. The molecule has 0 radical (unpaired) electrons. The standard InChI is InChI=1S/C22H27NO2/c1-17-7-9-18(10-8-17)11-12-21(24)23-15-13-20(14-16-23)22(25)19-5-3-2-4-6-19/h2-10,20,22,25H,11-16H2,1H3/t22-/m1/s1. The highest BCUT2D eigenvalue weighted by Gasteiger charge is 2.27. The minimum atomic E-state index is -0.425. The molecule has 1 saturated heterocycles. The SMILES string of the molecule is Cc1ccc(CCC(=O)N2CCC([C@H](O)c3ccccc3)CC2)cc1. The Bertz CT molecular complexity index is 673. The molecule has 2 aromatic rings. The maximum atomic E-state index is 12.4. The van der Waals surface area contributed by atoms with Crippen LogP contribution in [-0.2, 0) is 11.2 Å². The molecule has 1 aliphatic heterocycles. The Kier molecular flexibility index (Phi) is 5.87. The molecule has 2 aromatic carbocycles. The lowest BCUT2D eigenvalue weighted by molar-refractivity contribution is -0.133. The van der Waals surface area contributed by atoms with E-state index in [1.807, 2.05) is 35.2 Å². The van der Waals surface area contributed by atoms with E-state index in [0.29, 0.717) is 6.42 Å². The predicted octanol–water partition coefficient (Wildman–Crippen LogP) is 3.90. The van der Waals surface area contributed by atoms with Crippen molar-refractivity contribution in [1.29, 1.82) is 0 Å². The van der Waals surface area contributed by atoms with Crippen LogP contribution in [0.5, 0.6) is 0 Å². The quantitative estimate of drug-likeness (QED) is 0.899. The minimum absolute atomic E-state index is 0.230. The molecule has 1 aliphatic rings. The first-order valence-electron chi connectivity index (χ1n) is 9.20. The van der Waals surface area contributed by atoms with Crippen molar-refractivity contribution in [2.24, 2.45) is 5.92 Å². The largest absolute Gasteiger partial charge is 0.388 e. The highest BCUT2D eigenvalue weighted by molar-refractivity contribution is 5.76. The molecule has 132 valence electrons. The van der Waals surface area contributed by atoms with Gasteiger partial charge >= 0.3 is 0 Å². The fourth-order valence-corrected chi connectivity index (χ4v) is 3.55. The monoisotopic (exact) mass is 337 g/mol. The lowest BCUT2D eigenvalue weighted by Crippen LogP contribution is -2.39. The van der Waals surface area contributed by atoms with Crippen LogP contribution in [0.4, 0.5) is 0 Å². The highest BCUT2D eigenvalue weighted by Crippen LogP contribution is 2.30. The van der Waals surface area contributed by atoms with Gasteiger partial charge in [0.05, 0.1) is 6.10 Å². The third-order valence-corrected chi connectivity index (χ3v) is 5.23. The van der Waals surface area contributed by atoms with Crippen LogP contribution in [-0.4, -0.2) is 29.0 Å². The topological polar surface area (TPSA) is 40.5 Å². The van der Waals surface area contributed by atoms with Crippen LogP contribution in [0.3, 0.4) is 0 Å². The number of rotatable bonds is 5. The van der Waals surface area contributed by atoms with Gasteiger partial charge in [0.25, 0.3) is 0 Å². The second-order valence-corrected chi connectivity index (χ2v) is 7.06. The normalized spacial score (nSPS) is 16.6. The molecular weight excluding hydrogens is 310 g/mol. The number of aliphatic hydroxyl groups is 1. The summed E-state index contributed by atoms with van der Waals surface area (Å²) in [6.45, 7) is 3.57. The van der Waals surface area contributed by atoms with Crippen molar-refractivity contribution in [3.05, 3.63) is 71.3 Å². The lowest BCUT2D eigenvalue weighted by atomic mass is 9.87. The molecule has 1 fully saturated rings. The number of piperidine rings is 1. The summed E-state index contributed by atoms with van der Waals surface area (Å²) in [6.07, 6.45) is 2.67. The van der Waals surface area contributed by atoms with E-state index < -0.39 is 6.10 Å². The molecule has 1 amide bonds. The molecule has 3 heteroatoms. The van der Waals surface area contributed by atoms with Gasteiger partial charge in [0.15, 0.2) is 0 Å². The molecule has 0 spiro atoms. The van der Waals surface area contributed by atoms with Crippen molar-refractivity contribution in [3.63, 3.8) is 0 Å². The molecule has 1 atom stereocenters. The summed E-state index contributed by atoms with van der Waals surface area (Å²) >= 11 is 0. The van der Waals surface area contributed by atoms with E-state index in [0.717, 1.165) is 37.9 Å². The van der Waals surface area contributed by atoms with E-state index in [9.17, 15) is 9.90 Å². The van der Waals surface area contributed by atoms with E-state index in [1.54, 1.807) is 0 Å². The maximum Gasteiger partial charge on any atom is 0.222 e. The number of aliphatic hydroxyl groups excluding tert-OH is 1. The highest BCUT2D eigenvalue weighted by atomic mass is 16.3. The molecule has 3 rings (SSSR count). The van der Waals surface area contributed by atoms with Crippen LogP contribution >= 0.6 is 0 Å². The van der Waals surface area contributed by atoms with Crippen molar-refractivity contribution in [2.75, 3.05) is 13.1 Å². The fourth-order valence-electron chi connectivity index (χ4n) is 3.55. The number of benzene rings is 2. The van der Waals surface area contributed by atoms with Gasteiger partial charge in [-0.3, -0.25) is 4.79 Å². The molecule has 25 heavy (non-hydrogen) atoms. The summed E-state index contributed by atoms with van der Waals surface area (Å²) in [4.78, 5) is 14.4. The van der Waals surface area contributed by atoms with Gasteiger partial charge in [-0.15, -0.1) is 0 Å². The third-order valence-electron chi connectivity index (χ3n) is 5.23. The zero-order chi connectivity index (χ0) is 17.6. The number of hydrogen-bond donors (Lipinski definition) is 1. The summed E-state index contributed by atoms with van der Waals surface area (Å²) < 4.78 is 0. The second-order valence-electron chi connectivity index (χ2n) is 7.06. The Morgan fingerprint density at radius 3 is 2.36 bits per heavy atom. The summed E-state index contributed by atoms with van der Waals surface area (Å²) in [5.41, 5.74) is 3.44. The van der Waals surface area contributed by atoms with Gasteiger partial charge in [0.1, 0.15) is 0 Å². The molecule has 3 nitrogen and oxygen atoms in total. The first-order chi connectivity index (χ1) is 12.1. The molecule has 1 N–H and O–H groups in total. The van der Waals surface area contributed by atoms with E-state index in [1.165, 1.54) is 11.1 Å². The Morgan fingerprint density at radius 2 is 1.72 bits per heavy atom. The zero-order valence-corrected chi connectivity index (χ0v) is 14.9. The number of aryl methyl sites for hydroxylation is 2. The van der Waals surface area contributed by atoms with Gasteiger partial charge in [-0.05, 0) is 43.2 Å². The van der Waals surface area contributed by atoms with E-state index in [2.05, 4.69) is 31.2 Å². The van der Waals surface area contributed by atoms with Crippen LogP contribution < -0.4 is 0 Å². The first-order valence-corrected chi connectivity index (χ1v) is 9.20. The van der Waals surface area contributed by atoms with Crippen LogP contribution in [0.2, 0.25) is 0 Å². The van der Waals surface area contributed by atoms with Crippen molar-refractivity contribution < 1.29 is 9.90 Å². The average Bonchev–Trinajstić information content (AvgIpc) is 2.67. The number of hydrogen-bond acceptors (Lipinski definition) is 2. The number of carbonyl (C=O) groups excluding carboxylic acids is 1. The lowest BCUT2D eigenvalue weighted by Gasteiger charge is -2.34. The maximum absolute atomic E-state index is 12.4. The second kappa shape index (κ2) is 8.30. The van der Waals surface area contributed by atoms with Gasteiger partial charge in [-0.2, -0.15) is 0 Å². The van der Waals surface area contributed by atoms with Gasteiger partial charge < -0.3 is 10.0 Å². The first kappa shape index (κ1) is 17.7. The smallest absolute Gasteiger partial charge is 0.222 e. The van der Waals surface area contributed by atoms with E-state index >= 15 is 0 Å². The Labute approximate surface area is 150 Å². The average molecular weight is 337 g/mol. The molecular formula is C22H27NO2. The van der Waals surface area contributed by atoms with E-state index in [4.69, 9.17) is 0 Å². The van der Waals surface area contributed by atoms with Crippen molar-refractivity contribution in [2.45, 2.75) is 38.7 Å². The molecule has 0 unspecified atom stereocenters. The Balaban J connectivity index is 1.46. The van der Waals surface area contributed by atoms with Crippen molar-refractivity contribution in [3.8, 4) is 0 Å². The van der Waals surface area contributed by atoms with Gasteiger partial charge in [0, 0.05) is 19.5 Å². The van der Waals surface area contributed by atoms with Crippen LogP contribution in [0, 0.1) is 12.8 Å². The number of amides is 1. The molecule has 0 saturated carbocycles. The van der Waals surface area contributed by atoms with Crippen molar-refractivity contribution in [1.82, 2.24) is 4.90 Å². The molecule has 0 bridgehead atoms. The Morgan fingerprint density at radius 1 is 1.08 bits per heavy atom. The zero-order valence-electron chi connectivity index (χ0n) is 14.9. The van der Waals surface area contributed by atoms with Crippen LogP contribution in [0.25, 0.3) is 0 Å². The Hall–Kier alpha value is -2.13. The fraction of sp³-hybridized carbons (Fsp3) is 0.409. The van der Waals surface area contributed by atoms with Gasteiger partial charge in [0.2, 0.25) is 5.91 Å². The molecule has 0 aromatic heterocycles. The van der Waals surface area contributed by atoms with Gasteiger partial charge in [-0.1, -0.05) is 60.2 Å². The summed E-state index contributed by atoms with van der Waals surface area (Å²) in [7, 11) is 0. The number of carbonyl (C=O) groups is 1. The van der Waals surface area contributed by atoms with Crippen LogP contribution in [0.15, 0.2) is 54.6 Å². The van der Waals surface area contributed by atoms with Crippen LogP contribution in [0.1, 0.15) is 42.1 Å². The van der Waals surface area contributed by atoms with Crippen molar-refractivity contribution >= 4 is 5.91 Å². The number of likely N-dealkylation sites (tertiary alicyclic amines) is 1. The summed E-state index contributed by atoms with van der Waals surface area (Å²) in [6, 6.07) is 18.2. The molecule has 1 heterocycles. The summed E-state index contributed by atoms with van der Waals surface area (Å²) in [5.74, 6) is 0.469. The van der Waals surface area contributed by atoms with Gasteiger partial charge in [-0.25, -0.2) is 0 Å². The third kappa shape index (κ3) is 4.70. The summed E-state index contributed by atoms with van der Waals surface area (Å²) in [5, 5.41) is 10.5.